The minimum Gasteiger partial charge on any atom is -0.508 e. The van der Waals surface area contributed by atoms with Crippen molar-refractivity contribution in [2.24, 2.45) is 10.9 Å². The Morgan fingerprint density at radius 3 is 2.86 bits per heavy atom. The maximum absolute atomic E-state index is 9.41. The average Bonchev–Trinajstić information content (AvgIpc) is 2.83. The van der Waals surface area contributed by atoms with E-state index in [9.17, 15) is 10.4 Å². The second kappa shape index (κ2) is 5.71. The largest absolute Gasteiger partial charge is 0.508 e. The normalized spacial score (nSPS) is 17.6. The molecule has 0 amide bonds. The zero-order chi connectivity index (χ0) is 14.8. The summed E-state index contributed by atoms with van der Waals surface area (Å²) in [5, 5.41) is 19.5. The summed E-state index contributed by atoms with van der Waals surface area (Å²) in [4.78, 5) is 5.82. The molecule has 1 N–H and O–H groups in total. The van der Waals surface area contributed by atoms with E-state index >= 15 is 0 Å². The van der Waals surface area contributed by atoms with Gasteiger partial charge in [0.1, 0.15) is 16.8 Å². The van der Waals surface area contributed by atoms with Gasteiger partial charge in [0.15, 0.2) is 0 Å². The summed E-state index contributed by atoms with van der Waals surface area (Å²) in [5.41, 5.74) is 2.87. The molecule has 106 valence electrons. The van der Waals surface area contributed by atoms with Crippen LogP contribution >= 0.6 is 11.3 Å². The number of thiophene rings is 1. The van der Waals surface area contributed by atoms with E-state index in [2.05, 4.69) is 18.0 Å². The first kappa shape index (κ1) is 13.8. The van der Waals surface area contributed by atoms with Gasteiger partial charge in [-0.1, -0.05) is 6.92 Å². The van der Waals surface area contributed by atoms with Gasteiger partial charge >= 0.3 is 0 Å². The summed E-state index contributed by atoms with van der Waals surface area (Å²) in [7, 11) is 0. The molecule has 1 aromatic heterocycles. The van der Waals surface area contributed by atoms with Crippen LogP contribution in [0, 0.1) is 17.2 Å². The third kappa shape index (κ3) is 2.84. The highest BCUT2D eigenvalue weighted by molar-refractivity contribution is 7.16. The predicted molar refractivity (Wildman–Crippen MR) is 85.6 cm³/mol. The molecule has 3 nitrogen and oxygen atoms in total. The highest BCUT2D eigenvalue weighted by Crippen LogP contribution is 2.40. The smallest absolute Gasteiger partial charge is 0.134 e. The molecule has 21 heavy (non-hydrogen) atoms. The van der Waals surface area contributed by atoms with Gasteiger partial charge in [0.05, 0.1) is 5.56 Å². The van der Waals surface area contributed by atoms with Crippen molar-refractivity contribution >= 4 is 22.6 Å². The van der Waals surface area contributed by atoms with Crippen LogP contribution in [0.3, 0.4) is 0 Å². The molecule has 1 aliphatic rings. The lowest BCUT2D eigenvalue weighted by Crippen LogP contribution is -2.09. The lowest BCUT2D eigenvalue weighted by molar-refractivity contribution is 0.475. The highest BCUT2D eigenvalue weighted by Gasteiger charge is 2.23. The van der Waals surface area contributed by atoms with Crippen LogP contribution in [-0.2, 0) is 12.8 Å². The lowest BCUT2D eigenvalue weighted by atomic mass is 9.89. The molecule has 0 bridgehead atoms. The fraction of sp³-hybridized carbons (Fsp3) is 0.294. The Morgan fingerprint density at radius 2 is 2.14 bits per heavy atom. The Kier molecular flexibility index (Phi) is 3.76. The fourth-order valence-electron chi connectivity index (χ4n) is 2.64. The van der Waals surface area contributed by atoms with Gasteiger partial charge in [-0.15, -0.1) is 11.3 Å². The molecule has 0 spiro atoms. The number of hydrogen-bond acceptors (Lipinski definition) is 4. The van der Waals surface area contributed by atoms with Gasteiger partial charge in [0.2, 0.25) is 0 Å². The van der Waals surface area contributed by atoms with Gasteiger partial charge in [-0.3, -0.25) is 0 Å². The van der Waals surface area contributed by atoms with E-state index in [4.69, 9.17) is 0 Å². The summed E-state index contributed by atoms with van der Waals surface area (Å²) < 4.78 is 0. The summed E-state index contributed by atoms with van der Waals surface area (Å²) in [6.07, 6.45) is 4.95. The van der Waals surface area contributed by atoms with E-state index in [1.807, 2.05) is 0 Å². The van der Waals surface area contributed by atoms with Gasteiger partial charge < -0.3 is 5.11 Å². The van der Waals surface area contributed by atoms with Crippen molar-refractivity contribution in [2.45, 2.75) is 26.2 Å². The Hall–Kier alpha value is -2.12. The number of aromatic hydroxyl groups is 1. The van der Waals surface area contributed by atoms with Crippen LogP contribution in [0.4, 0.5) is 5.00 Å². The van der Waals surface area contributed by atoms with Gasteiger partial charge in [-0.25, -0.2) is 4.99 Å². The predicted octanol–water partition coefficient (Wildman–Crippen LogP) is 4.20. The SMILES string of the molecule is C[C@@H]1CCc2c(sc(N=Cc3ccc(O)cc3)c2C#N)C1. The maximum atomic E-state index is 9.41. The average molecular weight is 296 g/mol. The molecule has 1 aliphatic carbocycles. The van der Waals surface area contributed by atoms with Crippen LogP contribution in [0.15, 0.2) is 29.3 Å². The Morgan fingerprint density at radius 1 is 1.38 bits per heavy atom. The van der Waals surface area contributed by atoms with E-state index in [-0.39, 0.29) is 5.75 Å². The summed E-state index contributed by atoms with van der Waals surface area (Å²) in [6, 6.07) is 9.20. The monoisotopic (exact) mass is 296 g/mol. The van der Waals surface area contributed by atoms with E-state index in [1.54, 1.807) is 41.8 Å². The number of hydrogen-bond donors (Lipinski definition) is 1. The number of aliphatic imine (C=N–C) groups is 1. The van der Waals surface area contributed by atoms with Crippen molar-refractivity contribution in [2.75, 3.05) is 0 Å². The zero-order valence-corrected chi connectivity index (χ0v) is 12.7. The zero-order valence-electron chi connectivity index (χ0n) is 11.8. The molecule has 1 atom stereocenters. The topological polar surface area (TPSA) is 56.4 Å². The maximum Gasteiger partial charge on any atom is 0.134 e. The first-order valence-corrected chi connectivity index (χ1v) is 7.86. The second-order valence-electron chi connectivity index (χ2n) is 5.49. The minimum absolute atomic E-state index is 0.241. The molecule has 0 saturated heterocycles. The number of fused-ring (bicyclic) bond motifs is 1. The molecule has 0 unspecified atom stereocenters. The van der Waals surface area contributed by atoms with Crippen LogP contribution in [-0.4, -0.2) is 11.3 Å². The second-order valence-corrected chi connectivity index (χ2v) is 6.58. The van der Waals surface area contributed by atoms with E-state index in [1.165, 1.54) is 10.4 Å². The van der Waals surface area contributed by atoms with Crippen molar-refractivity contribution in [3.05, 3.63) is 45.8 Å². The number of nitriles is 1. The van der Waals surface area contributed by atoms with Gasteiger partial charge in [-0.05, 0) is 60.6 Å². The lowest BCUT2D eigenvalue weighted by Gasteiger charge is -2.17. The number of rotatable bonds is 2. The molecule has 1 heterocycles. The summed E-state index contributed by atoms with van der Waals surface area (Å²) in [5.74, 6) is 0.932. The Labute approximate surface area is 128 Å². The number of benzene rings is 1. The van der Waals surface area contributed by atoms with E-state index in [0.29, 0.717) is 5.92 Å². The molecule has 1 aromatic carbocycles. The van der Waals surface area contributed by atoms with Gasteiger partial charge in [0, 0.05) is 11.1 Å². The summed E-state index contributed by atoms with van der Waals surface area (Å²) >= 11 is 1.64. The molecule has 3 rings (SSSR count). The molecule has 0 radical (unpaired) electrons. The van der Waals surface area contributed by atoms with Crippen molar-refractivity contribution in [3.8, 4) is 11.8 Å². The summed E-state index contributed by atoms with van der Waals surface area (Å²) in [6.45, 7) is 2.26. The molecular formula is C17H16N2OS. The van der Waals surface area contributed by atoms with Crippen LogP contribution in [0.1, 0.15) is 34.9 Å². The molecule has 2 aromatic rings. The Bertz CT molecular complexity index is 722. The standard InChI is InChI=1S/C17H16N2OS/c1-11-2-7-14-15(9-18)17(21-16(14)8-11)19-10-12-3-5-13(20)6-4-12/h3-6,10-11,20H,2,7-8H2,1H3/t11-/m1/s1. The number of phenols is 1. The van der Waals surface area contributed by atoms with Crippen LogP contribution < -0.4 is 0 Å². The fourth-order valence-corrected chi connectivity index (χ4v) is 3.94. The van der Waals surface area contributed by atoms with Gasteiger partial charge in [-0.2, -0.15) is 5.26 Å². The van der Waals surface area contributed by atoms with Crippen molar-refractivity contribution in [3.63, 3.8) is 0 Å². The third-order valence-corrected chi connectivity index (χ3v) is 4.99. The number of phenolic OH excluding ortho intramolecular Hbond substituents is 1. The first-order valence-electron chi connectivity index (χ1n) is 7.05. The molecule has 0 saturated carbocycles. The molecular weight excluding hydrogens is 280 g/mol. The van der Waals surface area contributed by atoms with E-state index in [0.717, 1.165) is 35.4 Å². The molecule has 0 aliphatic heterocycles. The van der Waals surface area contributed by atoms with Crippen molar-refractivity contribution in [1.82, 2.24) is 0 Å². The number of nitrogens with zero attached hydrogens (tertiary/aromatic N) is 2. The van der Waals surface area contributed by atoms with Crippen molar-refractivity contribution < 1.29 is 5.11 Å². The van der Waals surface area contributed by atoms with Crippen LogP contribution in [0.5, 0.6) is 5.75 Å². The minimum atomic E-state index is 0.241. The quantitative estimate of drug-likeness (QED) is 0.844. The first-order chi connectivity index (χ1) is 10.2. The Balaban J connectivity index is 1.92. The van der Waals surface area contributed by atoms with Crippen LogP contribution in [0.25, 0.3) is 0 Å². The van der Waals surface area contributed by atoms with Crippen molar-refractivity contribution in [1.29, 1.82) is 5.26 Å². The third-order valence-electron chi connectivity index (χ3n) is 3.83. The van der Waals surface area contributed by atoms with Crippen LogP contribution in [0.2, 0.25) is 0 Å². The van der Waals surface area contributed by atoms with Gasteiger partial charge in [0.25, 0.3) is 0 Å². The highest BCUT2D eigenvalue weighted by atomic mass is 32.1. The van der Waals surface area contributed by atoms with E-state index < -0.39 is 0 Å². The molecule has 4 heteroatoms. The molecule has 0 fully saturated rings.